The minimum atomic E-state index is -0.451. The zero-order valence-corrected chi connectivity index (χ0v) is 14.9. The molecule has 1 unspecified atom stereocenters. The van der Waals surface area contributed by atoms with E-state index < -0.39 is 11.5 Å². The van der Waals surface area contributed by atoms with Crippen molar-refractivity contribution in [3.8, 4) is 0 Å². The first-order chi connectivity index (χ1) is 11.7. The maximum atomic E-state index is 12.0. The smallest absolute Gasteiger partial charge is 0.306 e. The van der Waals surface area contributed by atoms with E-state index in [1.807, 2.05) is 39.1 Å². The summed E-state index contributed by atoms with van der Waals surface area (Å²) < 4.78 is 5.42. The number of H-pyrrole nitrogens is 1. The van der Waals surface area contributed by atoms with Crippen LogP contribution in [0.4, 0.5) is 0 Å². The Morgan fingerprint density at radius 3 is 2.72 bits per heavy atom. The second-order valence-electron chi connectivity index (χ2n) is 7.62. The van der Waals surface area contributed by atoms with Gasteiger partial charge in [0, 0.05) is 18.0 Å². The molecule has 0 spiro atoms. The molecular weight excluding hydrogens is 316 g/mol. The van der Waals surface area contributed by atoms with Crippen LogP contribution >= 0.6 is 0 Å². The molecule has 1 aromatic carbocycles. The van der Waals surface area contributed by atoms with Gasteiger partial charge >= 0.3 is 5.97 Å². The summed E-state index contributed by atoms with van der Waals surface area (Å²) in [7, 11) is 0. The molecule has 1 aliphatic carbocycles. The molecule has 0 aliphatic heterocycles. The van der Waals surface area contributed by atoms with Gasteiger partial charge in [0.25, 0.3) is 5.91 Å². The predicted octanol–water partition coefficient (Wildman–Crippen LogP) is 3.79. The third kappa shape index (κ3) is 3.76. The van der Waals surface area contributed by atoms with Gasteiger partial charge in [0.1, 0.15) is 5.60 Å². The van der Waals surface area contributed by atoms with Gasteiger partial charge < -0.3 is 15.5 Å². The largest absolute Gasteiger partial charge is 0.460 e. The van der Waals surface area contributed by atoms with E-state index in [-0.39, 0.29) is 11.9 Å². The van der Waals surface area contributed by atoms with E-state index in [2.05, 4.69) is 11.1 Å². The van der Waals surface area contributed by atoms with Crippen molar-refractivity contribution in [1.29, 1.82) is 0 Å². The van der Waals surface area contributed by atoms with Crippen LogP contribution in [0.25, 0.3) is 16.5 Å². The number of allylic oxidation sites excluding steroid dienone is 2. The maximum absolute atomic E-state index is 12.0. The normalized spacial score (nSPS) is 17.6. The van der Waals surface area contributed by atoms with Crippen LogP contribution in [0, 0.1) is 5.92 Å². The number of nitrogens with two attached hydrogens (primary N) is 1. The highest BCUT2D eigenvalue weighted by Crippen LogP contribution is 2.38. The minimum absolute atomic E-state index is 0.150. The van der Waals surface area contributed by atoms with Crippen LogP contribution in [-0.4, -0.2) is 22.5 Å². The first-order valence-corrected chi connectivity index (χ1v) is 8.56. The summed E-state index contributed by atoms with van der Waals surface area (Å²) in [6.45, 7) is 5.64. The minimum Gasteiger partial charge on any atom is -0.460 e. The fourth-order valence-electron chi connectivity index (χ4n) is 3.42. The van der Waals surface area contributed by atoms with Gasteiger partial charge in [0.05, 0.1) is 11.1 Å². The summed E-state index contributed by atoms with van der Waals surface area (Å²) in [5.74, 6) is -0.333. The van der Waals surface area contributed by atoms with Gasteiger partial charge in [-0.05, 0) is 62.8 Å². The van der Waals surface area contributed by atoms with Crippen molar-refractivity contribution in [1.82, 2.24) is 4.98 Å². The number of fused-ring (bicyclic) bond motifs is 1. The second-order valence-corrected chi connectivity index (χ2v) is 7.62. The Morgan fingerprint density at radius 1 is 1.28 bits per heavy atom. The number of rotatable bonds is 4. The predicted molar refractivity (Wildman–Crippen MR) is 98.0 cm³/mol. The Labute approximate surface area is 147 Å². The number of aromatic amines is 1. The van der Waals surface area contributed by atoms with Gasteiger partial charge in [-0.2, -0.15) is 0 Å². The Hall–Kier alpha value is -2.56. The summed E-state index contributed by atoms with van der Waals surface area (Å²) in [5.41, 5.74) is 8.55. The molecule has 3 N–H and O–H groups in total. The number of primary amides is 1. The van der Waals surface area contributed by atoms with Gasteiger partial charge in [-0.15, -0.1) is 0 Å². The van der Waals surface area contributed by atoms with Crippen LogP contribution in [0.15, 0.2) is 30.5 Å². The topological polar surface area (TPSA) is 85.2 Å². The summed E-state index contributed by atoms with van der Waals surface area (Å²) >= 11 is 0. The lowest BCUT2D eigenvalue weighted by molar-refractivity contribution is -0.155. The van der Waals surface area contributed by atoms with Crippen molar-refractivity contribution in [3.05, 3.63) is 41.6 Å². The van der Waals surface area contributed by atoms with Gasteiger partial charge in [-0.25, -0.2) is 0 Å². The Bertz CT molecular complexity index is 855. The molecule has 0 radical (unpaired) electrons. The molecule has 0 bridgehead atoms. The summed E-state index contributed by atoms with van der Waals surface area (Å²) in [6.07, 6.45) is 6.11. The van der Waals surface area contributed by atoms with E-state index in [0.29, 0.717) is 12.0 Å². The van der Waals surface area contributed by atoms with Crippen LogP contribution in [0.5, 0.6) is 0 Å². The third-order valence-corrected chi connectivity index (χ3v) is 4.42. The molecular formula is C20H24N2O3. The van der Waals surface area contributed by atoms with E-state index in [0.717, 1.165) is 29.3 Å². The number of ether oxygens (including phenoxy) is 1. The molecule has 5 nitrogen and oxygen atoms in total. The number of benzene rings is 1. The van der Waals surface area contributed by atoms with Crippen molar-refractivity contribution in [2.24, 2.45) is 11.7 Å². The molecule has 132 valence electrons. The maximum Gasteiger partial charge on any atom is 0.306 e. The van der Waals surface area contributed by atoms with Crippen molar-refractivity contribution in [2.75, 3.05) is 0 Å². The van der Waals surface area contributed by atoms with E-state index >= 15 is 0 Å². The second kappa shape index (κ2) is 6.39. The fraction of sp³-hybridized carbons (Fsp3) is 0.400. The SMILES string of the molecule is CC(C)(C)OC(=O)CC1CC=C(c2ccc(C(N)=O)c3[nH]ccc23)C1. The average molecular weight is 340 g/mol. The molecule has 3 rings (SSSR count). The highest BCUT2D eigenvalue weighted by atomic mass is 16.6. The molecule has 0 saturated carbocycles. The molecule has 1 atom stereocenters. The summed E-state index contributed by atoms with van der Waals surface area (Å²) in [6, 6.07) is 5.66. The number of hydrogen-bond acceptors (Lipinski definition) is 3. The zero-order valence-electron chi connectivity index (χ0n) is 14.9. The van der Waals surface area contributed by atoms with Crippen LogP contribution in [-0.2, 0) is 9.53 Å². The Balaban J connectivity index is 1.76. The van der Waals surface area contributed by atoms with Gasteiger partial charge in [0.2, 0.25) is 0 Å². The quantitative estimate of drug-likeness (QED) is 0.830. The molecule has 0 fully saturated rings. The molecule has 1 heterocycles. The molecule has 1 aliphatic rings. The molecule has 1 aromatic heterocycles. The monoisotopic (exact) mass is 340 g/mol. The van der Waals surface area contributed by atoms with Gasteiger partial charge in [0.15, 0.2) is 0 Å². The highest BCUT2D eigenvalue weighted by molar-refractivity contribution is 6.07. The Kier molecular flexibility index (Phi) is 4.41. The highest BCUT2D eigenvalue weighted by Gasteiger charge is 2.25. The first-order valence-electron chi connectivity index (χ1n) is 8.56. The molecule has 2 aromatic rings. The third-order valence-electron chi connectivity index (χ3n) is 4.42. The average Bonchev–Trinajstić information content (AvgIpc) is 3.12. The van der Waals surface area contributed by atoms with Crippen molar-refractivity contribution < 1.29 is 14.3 Å². The lowest BCUT2D eigenvalue weighted by Gasteiger charge is -2.20. The molecule has 0 saturated heterocycles. The molecule has 25 heavy (non-hydrogen) atoms. The van der Waals surface area contributed by atoms with Crippen LogP contribution in [0.2, 0.25) is 0 Å². The number of hydrogen-bond donors (Lipinski definition) is 2. The standard InChI is InChI=1S/C20H24N2O3/c1-20(2,3)25-17(23)11-12-4-5-13(10-12)14-6-7-16(19(21)24)18-15(14)8-9-22-18/h5-9,12,22H,4,10-11H2,1-3H3,(H2,21,24). The molecule has 1 amide bonds. The molecule has 5 heteroatoms. The van der Waals surface area contributed by atoms with Crippen molar-refractivity contribution >= 4 is 28.4 Å². The van der Waals surface area contributed by atoms with Crippen LogP contribution < -0.4 is 5.73 Å². The lowest BCUT2D eigenvalue weighted by Crippen LogP contribution is -2.24. The van der Waals surface area contributed by atoms with Gasteiger partial charge in [-0.1, -0.05) is 12.1 Å². The van der Waals surface area contributed by atoms with Crippen molar-refractivity contribution in [3.63, 3.8) is 0 Å². The fourth-order valence-corrected chi connectivity index (χ4v) is 3.42. The Morgan fingerprint density at radius 2 is 2.04 bits per heavy atom. The van der Waals surface area contributed by atoms with Crippen LogP contribution in [0.1, 0.15) is 56.0 Å². The number of carbonyl (C=O) groups is 2. The number of nitrogens with one attached hydrogen (secondary N) is 1. The first kappa shape index (κ1) is 17.3. The number of aromatic nitrogens is 1. The van der Waals surface area contributed by atoms with E-state index in [1.54, 1.807) is 6.07 Å². The zero-order chi connectivity index (χ0) is 18.2. The number of amides is 1. The number of carbonyl (C=O) groups excluding carboxylic acids is 2. The van der Waals surface area contributed by atoms with E-state index in [9.17, 15) is 9.59 Å². The van der Waals surface area contributed by atoms with Gasteiger partial charge in [-0.3, -0.25) is 9.59 Å². The van der Waals surface area contributed by atoms with E-state index in [1.165, 1.54) is 5.57 Å². The van der Waals surface area contributed by atoms with Crippen LogP contribution in [0.3, 0.4) is 0 Å². The van der Waals surface area contributed by atoms with E-state index in [4.69, 9.17) is 10.5 Å². The summed E-state index contributed by atoms with van der Waals surface area (Å²) in [5, 5.41) is 0.987. The van der Waals surface area contributed by atoms with Crippen molar-refractivity contribution in [2.45, 2.75) is 45.6 Å². The number of esters is 1. The summed E-state index contributed by atoms with van der Waals surface area (Å²) in [4.78, 5) is 26.7. The lowest BCUT2D eigenvalue weighted by atomic mass is 9.95.